The predicted molar refractivity (Wildman–Crippen MR) is 178 cm³/mol. The number of allylic oxidation sites excluding steroid dienone is 1. The summed E-state index contributed by atoms with van der Waals surface area (Å²) in [5.74, 6) is 1.68. The molecular formula is C38H72O2. The molecule has 0 aliphatic carbocycles. The summed E-state index contributed by atoms with van der Waals surface area (Å²) in [5, 5.41) is 0. The van der Waals surface area contributed by atoms with Crippen molar-refractivity contribution in [2.45, 2.75) is 207 Å². The SMILES string of the molecule is C=C(C(=O)CCCCCCCCCCCCCCC(C)C)C(=O)CCCCCCCCCCCCCCC(C)C. The molecule has 236 valence electrons. The third-order valence-corrected chi connectivity index (χ3v) is 8.54. The van der Waals surface area contributed by atoms with Gasteiger partial charge in [-0.1, -0.05) is 188 Å². The zero-order valence-electron chi connectivity index (χ0n) is 28.0. The molecule has 0 aromatic rings. The maximum Gasteiger partial charge on any atom is 0.165 e. The number of hydrogen-bond acceptors (Lipinski definition) is 2. The summed E-state index contributed by atoms with van der Waals surface area (Å²) in [7, 11) is 0. The molecule has 0 unspecified atom stereocenters. The topological polar surface area (TPSA) is 34.1 Å². The van der Waals surface area contributed by atoms with E-state index in [1.165, 1.54) is 141 Å². The molecule has 0 aromatic carbocycles. The van der Waals surface area contributed by atoms with E-state index in [1.54, 1.807) is 0 Å². The van der Waals surface area contributed by atoms with E-state index in [9.17, 15) is 9.59 Å². The zero-order valence-corrected chi connectivity index (χ0v) is 28.0. The fourth-order valence-corrected chi connectivity index (χ4v) is 5.67. The van der Waals surface area contributed by atoms with Gasteiger partial charge in [0.15, 0.2) is 11.6 Å². The smallest absolute Gasteiger partial charge is 0.165 e. The van der Waals surface area contributed by atoms with Crippen molar-refractivity contribution in [3.8, 4) is 0 Å². The van der Waals surface area contributed by atoms with Crippen LogP contribution >= 0.6 is 0 Å². The van der Waals surface area contributed by atoms with Gasteiger partial charge in [0.05, 0.1) is 5.57 Å². The van der Waals surface area contributed by atoms with E-state index in [0.717, 1.165) is 37.5 Å². The average molecular weight is 561 g/mol. The molecule has 0 bridgehead atoms. The second-order valence-electron chi connectivity index (χ2n) is 13.7. The summed E-state index contributed by atoms with van der Waals surface area (Å²) >= 11 is 0. The van der Waals surface area contributed by atoms with Gasteiger partial charge in [0.25, 0.3) is 0 Å². The summed E-state index contributed by atoms with van der Waals surface area (Å²) in [4.78, 5) is 24.7. The van der Waals surface area contributed by atoms with E-state index < -0.39 is 0 Å². The highest BCUT2D eigenvalue weighted by atomic mass is 16.1. The standard InChI is InChI=1S/C38H72O2/c1-34(2)30-26-22-18-14-10-6-8-12-16-20-24-28-32-37(39)36(5)38(40)33-29-25-21-17-13-9-7-11-15-19-23-27-31-35(3)4/h34-35H,5-33H2,1-4H3. The van der Waals surface area contributed by atoms with E-state index >= 15 is 0 Å². The van der Waals surface area contributed by atoms with Gasteiger partial charge in [-0.15, -0.1) is 0 Å². The quantitative estimate of drug-likeness (QED) is 0.0355. The Kier molecular flexibility index (Phi) is 28.9. The molecule has 2 heteroatoms. The van der Waals surface area contributed by atoms with Crippen molar-refractivity contribution < 1.29 is 9.59 Å². The summed E-state index contributed by atoms with van der Waals surface area (Å²) in [5.41, 5.74) is 0.258. The minimum absolute atomic E-state index is 0.0154. The van der Waals surface area contributed by atoms with Crippen LogP contribution in [0.25, 0.3) is 0 Å². The van der Waals surface area contributed by atoms with Crippen LogP contribution in [-0.2, 0) is 9.59 Å². The summed E-state index contributed by atoms with van der Waals surface area (Å²) in [6.07, 6.45) is 34.9. The fourth-order valence-electron chi connectivity index (χ4n) is 5.67. The molecule has 0 aromatic heterocycles. The molecule has 0 radical (unpaired) electrons. The van der Waals surface area contributed by atoms with Gasteiger partial charge < -0.3 is 0 Å². The molecular weight excluding hydrogens is 488 g/mol. The van der Waals surface area contributed by atoms with Gasteiger partial charge in [-0.05, 0) is 24.7 Å². The third-order valence-electron chi connectivity index (χ3n) is 8.54. The Morgan fingerprint density at radius 1 is 0.375 bits per heavy atom. The van der Waals surface area contributed by atoms with Crippen molar-refractivity contribution in [2.75, 3.05) is 0 Å². The molecule has 0 atom stereocenters. The highest BCUT2D eigenvalue weighted by molar-refractivity contribution is 6.19. The first kappa shape index (κ1) is 39.1. The Bertz CT molecular complexity index is 538. The van der Waals surface area contributed by atoms with E-state index in [0.29, 0.717) is 12.8 Å². The molecule has 0 heterocycles. The summed E-state index contributed by atoms with van der Waals surface area (Å²) < 4.78 is 0. The first-order chi connectivity index (χ1) is 19.3. The highest BCUT2D eigenvalue weighted by Gasteiger charge is 2.14. The lowest BCUT2D eigenvalue weighted by Gasteiger charge is -2.06. The van der Waals surface area contributed by atoms with Crippen LogP contribution in [0.2, 0.25) is 0 Å². The predicted octanol–water partition coefficient (Wildman–Crippen LogP) is 12.9. The number of ketones is 2. The second kappa shape index (κ2) is 29.6. The lowest BCUT2D eigenvalue weighted by molar-refractivity contribution is -0.121. The summed E-state index contributed by atoms with van der Waals surface area (Å²) in [6, 6.07) is 0. The van der Waals surface area contributed by atoms with Crippen LogP contribution in [0.3, 0.4) is 0 Å². The van der Waals surface area contributed by atoms with Crippen LogP contribution in [0.4, 0.5) is 0 Å². The molecule has 40 heavy (non-hydrogen) atoms. The minimum Gasteiger partial charge on any atom is -0.294 e. The molecule has 0 fully saturated rings. The minimum atomic E-state index is -0.0154. The first-order valence-electron chi connectivity index (χ1n) is 18.1. The summed E-state index contributed by atoms with van der Waals surface area (Å²) in [6.45, 7) is 13.1. The number of unbranched alkanes of at least 4 members (excludes halogenated alkanes) is 22. The number of carbonyl (C=O) groups is 2. The monoisotopic (exact) mass is 561 g/mol. The normalized spacial score (nSPS) is 11.6. The average Bonchev–Trinajstić information content (AvgIpc) is 2.92. The maximum absolute atomic E-state index is 12.4. The van der Waals surface area contributed by atoms with Gasteiger partial charge in [-0.2, -0.15) is 0 Å². The third kappa shape index (κ3) is 28.6. The Morgan fingerprint density at radius 3 is 0.800 bits per heavy atom. The van der Waals surface area contributed by atoms with Gasteiger partial charge in [0.2, 0.25) is 0 Å². The molecule has 0 saturated carbocycles. The van der Waals surface area contributed by atoms with Crippen molar-refractivity contribution in [2.24, 2.45) is 11.8 Å². The van der Waals surface area contributed by atoms with Gasteiger partial charge in [-0.25, -0.2) is 0 Å². The van der Waals surface area contributed by atoms with Crippen molar-refractivity contribution in [1.82, 2.24) is 0 Å². The molecule has 0 aliphatic rings. The lowest BCUT2D eigenvalue weighted by Crippen LogP contribution is -2.11. The number of carbonyl (C=O) groups excluding carboxylic acids is 2. The fraction of sp³-hybridized carbons (Fsp3) is 0.895. The van der Waals surface area contributed by atoms with E-state index in [4.69, 9.17) is 0 Å². The van der Waals surface area contributed by atoms with Crippen molar-refractivity contribution in [1.29, 1.82) is 0 Å². The largest absolute Gasteiger partial charge is 0.294 e. The van der Waals surface area contributed by atoms with E-state index in [2.05, 4.69) is 34.3 Å². The zero-order chi connectivity index (χ0) is 29.7. The molecule has 0 N–H and O–H groups in total. The van der Waals surface area contributed by atoms with Crippen LogP contribution in [0.5, 0.6) is 0 Å². The Balaban J connectivity index is 3.44. The van der Waals surface area contributed by atoms with Gasteiger partial charge >= 0.3 is 0 Å². The Hall–Kier alpha value is -0.920. The van der Waals surface area contributed by atoms with Gasteiger partial charge in [0.1, 0.15) is 0 Å². The van der Waals surface area contributed by atoms with Crippen molar-refractivity contribution in [3.05, 3.63) is 12.2 Å². The Labute approximate surface area is 252 Å². The molecule has 0 amide bonds. The number of hydrogen-bond donors (Lipinski definition) is 0. The van der Waals surface area contributed by atoms with E-state index in [-0.39, 0.29) is 17.1 Å². The van der Waals surface area contributed by atoms with Crippen LogP contribution in [0, 0.1) is 11.8 Å². The molecule has 0 spiro atoms. The maximum atomic E-state index is 12.4. The van der Waals surface area contributed by atoms with Crippen LogP contribution < -0.4 is 0 Å². The molecule has 0 saturated heterocycles. The van der Waals surface area contributed by atoms with Crippen LogP contribution in [0.1, 0.15) is 207 Å². The number of Topliss-reactive ketones (excluding diaryl/α,β-unsaturated/α-hetero) is 2. The van der Waals surface area contributed by atoms with Crippen LogP contribution in [0.15, 0.2) is 12.2 Å². The molecule has 0 rings (SSSR count). The molecule has 2 nitrogen and oxygen atoms in total. The van der Waals surface area contributed by atoms with Gasteiger partial charge in [-0.3, -0.25) is 9.59 Å². The van der Waals surface area contributed by atoms with Crippen molar-refractivity contribution >= 4 is 11.6 Å². The Morgan fingerprint density at radius 2 is 0.575 bits per heavy atom. The van der Waals surface area contributed by atoms with Crippen molar-refractivity contribution in [3.63, 3.8) is 0 Å². The first-order valence-corrected chi connectivity index (χ1v) is 18.1. The second-order valence-corrected chi connectivity index (χ2v) is 13.7. The highest BCUT2D eigenvalue weighted by Crippen LogP contribution is 2.17. The molecule has 0 aliphatic heterocycles. The van der Waals surface area contributed by atoms with Crippen LogP contribution in [-0.4, -0.2) is 11.6 Å². The number of rotatable bonds is 32. The van der Waals surface area contributed by atoms with E-state index in [1.807, 2.05) is 0 Å². The lowest BCUT2D eigenvalue weighted by atomic mass is 9.98. The van der Waals surface area contributed by atoms with Gasteiger partial charge in [0, 0.05) is 12.8 Å².